The van der Waals surface area contributed by atoms with Crippen molar-refractivity contribution in [3.63, 3.8) is 0 Å². The second-order valence-electron chi connectivity index (χ2n) is 7.42. The van der Waals surface area contributed by atoms with Gasteiger partial charge in [0, 0.05) is 31.4 Å². The molecule has 9 nitrogen and oxygen atoms in total. The first kappa shape index (κ1) is 23.6. The summed E-state index contributed by atoms with van der Waals surface area (Å²) in [4.78, 5) is 37.2. The van der Waals surface area contributed by atoms with Crippen LogP contribution in [0.25, 0.3) is 0 Å². The zero-order valence-electron chi connectivity index (χ0n) is 17.1. The number of carbonyl (C=O) groups is 3. The minimum absolute atomic E-state index is 0.0972. The first-order valence-corrected chi connectivity index (χ1v) is 9.84. The van der Waals surface area contributed by atoms with Gasteiger partial charge in [-0.15, -0.1) is 0 Å². The van der Waals surface area contributed by atoms with Crippen LogP contribution in [0.1, 0.15) is 6.92 Å². The molecule has 2 heterocycles. The van der Waals surface area contributed by atoms with Crippen LogP contribution in [0.15, 0.2) is 24.3 Å². The fraction of sp³-hybridized carbons (Fsp3) is 0.526. The van der Waals surface area contributed by atoms with Crippen molar-refractivity contribution in [1.82, 2.24) is 15.5 Å². The van der Waals surface area contributed by atoms with Gasteiger partial charge in [0.15, 0.2) is 12.5 Å². The van der Waals surface area contributed by atoms with E-state index in [2.05, 4.69) is 5.32 Å². The lowest BCUT2D eigenvalue weighted by Gasteiger charge is -2.42. The summed E-state index contributed by atoms with van der Waals surface area (Å²) in [7, 11) is 0. The fourth-order valence-corrected chi connectivity index (χ4v) is 3.66. The Morgan fingerprint density at radius 1 is 1.22 bits per heavy atom. The second kappa shape index (κ2) is 9.59. The van der Waals surface area contributed by atoms with Crippen LogP contribution < -0.4 is 20.4 Å². The van der Waals surface area contributed by atoms with Gasteiger partial charge in [-0.2, -0.15) is 13.2 Å². The van der Waals surface area contributed by atoms with Crippen LogP contribution in [0, 0.1) is 0 Å². The molecule has 1 aromatic carbocycles. The smallest absolute Gasteiger partial charge is 0.422 e. The summed E-state index contributed by atoms with van der Waals surface area (Å²) in [6.07, 6.45) is -10.3. The van der Waals surface area contributed by atoms with Crippen LogP contribution >= 0.6 is 0 Å². The largest absolute Gasteiger partial charge is 0.442 e. The summed E-state index contributed by atoms with van der Waals surface area (Å²) >= 11 is 0. The highest BCUT2D eigenvalue weighted by Crippen LogP contribution is 2.29. The van der Waals surface area contributed by atoms with Gasteiger partial charge in [-0.05, 0) is 24.3 Å². The zero-order valence-corrected chi connectivity index (χ0v) is 17.1. The number of anilines is 2. The molecular formula is C19H23F4N5O4. The van der Waals surface area contributed by atoms with E-state index in [0.717, 1.165) is 0 Å². The maximum absolute atomic E-state index is 14.6. The van der Waals surface area contributed by atoms with E-state index >= 15 is 0 Å². The first-order chi connectivity index (χ1) is 15.1. The molecule has 3 rings (SSSR count). The molecule has 0 saturated carbocycles. The third kappa shape index (κ3) is 5.39. The van der Waals surface area contributed by atoms with Crippen molar-refractivity contribution in [2.24, 2.45) is 0 Å². The zero-order chi connectivity index (χ0) is 23.5. The molecule has 32 heavy (non-hydrogen) atoms. The highest BCUT2D eigenvalue weighted by molar-refractivity contribution is 5.90. The van der Waals surface area contributed by atoms with Crippen molar-refractivity contribution < 1.29 is 36.7 Å². The topological polar surface area (TPSA) is 94.2 Å². The number of cyclic esters (lactones) is 1. The Hall–Kier alpha value is -3.09. The SMILES string of the molecule is CC(=O)NCC1CN(c2ccc(N3CCN(C(NC=O)C(F)(F)F)[C@@H](F)C3)cc2)C(=O)O1. The van der Waals surface area contributed by atoms with Crippen LogP contribution in [0.2, 0.25) is 0 Å². The standard InChI is InChI=1S/C19H23F4N5O4/c1-12(30)24-8-15-9-28(18(31)32-15)14-4-2-13(3-5-14)26-6-7-27(16(20)10-26)17(25-11-29)19(21,22)23/h2-5,11,15-17H,6-10H2,1H3,(H,24,30)(H,25,29)/t15?,16-,17?/m1/s1. The van der Waals surface area contributed by atoms with E-state index in [-0.39, 0.29) is 45.0 Å². The normalized spacial score (nSPS) is 23.0. The van der Waals surface area contributed by atoms with Gasteiger partial charge in [-0.3, -0.25) is 14.5 Å². The third-order valence-corrected chi connectivity index (χ3v) is 5.21. The Morgan fingerprint density at radius 2 is 1.88 bits per heavy atom. The number of hydrogen-bond acceptors (Lipinski definition) is 6. The number of alkyl halides is 4. The van der Waals surface area contributed by atoms with E-state index < -0.39 is 30.8 Å². The number of nitrogens with zero attached hydrogens (tertiary/aromatic N) is 3. The summed E-state index contributed by atoms with van der Waals surface area (Å²) in [5.74, 6) is -0.237. The van der Waals surface area contributed by atoms with Crippen LogP contribution in [0.3, 0.4) is 0 Å². The Bertz CT molecular complexity index is 838. The molecule has 13 heteroatoms. The van der Waals surface area contributed by atoms with Crippen molar-refractivity contribution in [1.29, 1.82) is 0 Å². The summed E-state index contributed by atoms with van der Waals surface area (Å²) in [5, 5.41) is 4.21. The summed E-state index contributed by atoms with van der Waals surface area (Å²) < 4.78 is 59.1. The van der Waals surface area contributed by atoms with Gasteiger partial charge in [0.2, 0.25) is 12.3 Å². The van der Waals surface area contributed by atoms with Crippen LogP contribution in [-0.2, 0) is 14.3 Å². The van der Waals surface area contributed by atoms with Gasteiger partial charge in [0.1, 0.15) is 6.10 Å². The number of carbonyl (C=O) groups excluding carboxylic acids is 3. The Morgan fingerprint density at radius 3 is 2.44 bits per heavy atom. The lowest BCUT2D eigenvalue weighted by molar-refractivity contribution is -0.207. The van der Waals surface area contributed by atoms with E-state index in [4.69, 9.17) is 4.74 Å². The molecule has 2 aliphatic rings. The lowest BCUT2D eigenvalue weighted by atomic mass is 10.2. The molecule has 176 valence electrons. The number of ether oxygens (including phenoxy) is 1. The highest BCUT2D eigenvalue weighted by atomic mass is 19.4. The van der Waals surface area contributed by atoms with E-state index in [1.54, 1.807) is 34.5 Å². The molecule has 0 bridgehead atoms. The van der Waals surface area contributed by atoms with Gasteiger partial charge >= 0.3 is 12.3 Å². The molecule has 2 aliphatic heterocycles. The van der Waals surface area contributed by atoms with Crippen LogP contribution in [0.5, 0.6) is 0 Å². The van der Waals surface area contributed by atoms with Gasteiger partial charge in [-0.1, -0.05) is 0 Å². The Labute approximate surface area is 181 Å². The Kier molecular flexibility index (Phi) is 7.06. The molecule has 3 amide bonds. The van der Waals surface area contributed by atoms with Crippen molar-refractivity contribution in [3.05, 3.63) is 24.3 Å². The summed E-state index contributed by atoms with van der Waals surface area (Å²) in [5.41, 5.74) is 1.11. The molecule has 0 spiro atoms. The molecule has 2 N–H and O–H groups in total. The lowest BCUT2D eigenvalue weighted by Crippen LogP contribution is -2.63. The molecule has 2 saturated heterocycles. The highest BCUT2D eigenvalue weighted by Gasteiger charge is 2.47. The van der Waals surface area contributed by atoms with E-state index in [1.807, 2.05) is 0 Å². The number of hydrogen-bond donors (Lipinski definition) is 2. The molecule has 1 aromatic rings. The summed E-state index contributed by atoms with van der Waals surface area (Å²) in [6, 6.07) is 6.53. The number of piperazine rings is 1. The molecule has 3 atom stereocenters. The van der Waals surface area contributed by atoms with Crippen molar-refractivity contribution in [2.45, 2.75) is 31.7 Å². The van der Waals surface area contributed by atoms with Crippen LogP contribution in [-0.4, -0.2) is 80.8 Å². The molecule has 2 unspecified atom stereocenters. The van der Waals surface area contributed by atoms with Gasteiger partial charge in [-0.25, -0.2) is 14.1 Å². The average Bonchev–Trinajstić information content (AvgIpc) is 3.11. The van der Waals surface area contributed by atoms with Gasteiger partial charge in [0.05, 0.1) is 19.6 Å². The number of halogens is 4. The Balaban J connectivity index is 1.62. The number of nitrogens with one attached hydrogen (secondary N) is 2. The van der Waals surface area contributed by atoms with E-state index in [9.17, 15) is 31.9 Å². The maximum Gasteiger partial charge on any atom is 0.422 e. The minimum Gasteiger partial charge on any atom is -0.442 e. The quantitative estimate of drug-likeness (QED) is 0.360. The van der Waals surface area contributed by atoms with Crippen molar-refractivity contribution in [2.75, 3.05) is 42.5 Å². The molecule has 2 fully saturated rings. The fourth-order valence-electron chi connectivity index (χ4n) is 3.66. The number of benzene rings is 1. The third-order valence-electron chi connectivity index (χ3n) is 5.21. The van der Waals surface area contributed by atoms with E-state index in [0.29, 0.717) is 16.3 Å². The van der Waals surface area contributed by atoms with Crippen molar-refractivity contribution >= 4 is 29.8 Å². The molecule has 0 radical (unpaired) electrons. The molecule has 0 aliphatic carbocycles. The number of amides is 3. The van der Waals surface area contributed by atoms with Crippen molar-refractivity contribution in [3.8, 4) is 0 Å². The summed E-state index contributed by atoms with van der Waals surface area (Å²) in [6.45, 7) is 1.32. The molecular weight excluding hydrogens is 438 g/mol. The minimum atomic E-state index is -4.81. The van der Waals surface area contributed by atoms with Gasteiger partial charge in [0.25, 0.3) is 0 Å². The van der Waals surface area contributed by atoms with E-state index in [1.165, 1.54) is 11.8 Å². The second-order valence-corrected chi connectivity index (χ2v) is 7.42. The average molecular weight is 461 g/mol. The predicted molar refractivity (Wildman–Crippen MR) is 106 cm³/mol. The molecule has 0 aromatic heterocycles. The predicted octanol–water partition coefficient (Wildman–Crippen LogP) is 1.20. The van der Waals surface area contributed by atoms with Crippen LogP contribution in [0.4, 0.5) is 33.7 Å². The monoisotopic (exact) mass is 461 g/mol. The first-order valence-electron chi connectivity index (χ1n) is 9.84. The maximum atomic E-state index is 14.6. The van der Waals surface area contributed by atoms with Gasteiger partial charge < -0.3 is 20.3 Å². The number of rotatable bonds is 7.